The summed E-state index contributed by atoms with van der Waals surface area (Å²) in [6.45, 7) is 10.3. The number of likely N-dealkylation sites (tertiary alicyclic amines) is 1. The Labute approximate surface area is 123 Å². The van der Waals surface area contributed by atoms with Crippen molar-refractivity contribution in [2.24, 2.45) is 5.92 Å². The van der Waals surface area contributed by atoms with Gasteiger partial charge in [0.15, 0.2) is 0 Å². The fourth-order valence-corrected chi connectivity index (χ4v) is 2.95. The topological polar surface area (TPSA) is 41.0 Å². The molecule has 0 amide bonds. The molecule has 2 unspecified atom stereocenters. The van der Waals surface area contributed by atoms with Crippen LogP contribution in [0.2, 0.25) is 0 Å². The first-order valence-corrected chi connectivity index (χ1v) is 7.90. The van der Waals surface area contributed by atoms with Crippen molar-refractivity contribution in [1.29, 1.82) is 0 Å². The van der Waals surface area contributed by atoms with Gasteiger partial charge in [0.05, 0.1) is 5.69 Å². The van der Waals surface area contributed by atoms with E-state index in [0.29, 0.717) is 6.04 Å². The minimum atomic E-state index is 0.270. The predicted octanol–water partition coefficient (Wildman–Crippen LogP) is 2.64. The normalized spacial score (nSPS) is 22.1. The van der Waals surface area contributed by atoms with Gasteiger partial charge in [0.1, 0.15) is 0 Å². The summed E-state index contributed by atoms with van der Waals surface area (Å²) in [7, 11) is 0. The van der Waals surface area contributed by atoms with Crippen LogP contribution in [0.5, 0.6) is 0 Å². The molecule has 0 aromatic carbocycles. The fraction of sp³-hybridized carbons (Fsp3) is 0.750. The molecule has 1 aromatic heterocycles. The third kappa shape index (κ3) is 4.53. The molecular formula is C16H28N4. The third-order valence-corrected chi connectivity index (χ3v) is 4.04. The molecule has 0 saturated carbocycles. The molecule has 1 aliphatic rings. The molecule has 0 bridgehead atoms. The number of hydrogen-bond acceptors (Lipinski definition) is 4. The number of hydrogen-bond donors (Lipinski definition) is 1. The molecule has 0 aliphatic carbocycles. The zero-order chi connectivity index (χ0) is 14.4. The van der Waals surface area contributed by atoms with Crippen LogP contribution in [0.25, 0.3) is 0 Å². The minimum absolute atomic E-state index is 0.270. The van der Waals surface area contributed by atoms with Crippen LogP contribution >= 0.6 is 0 Å². The smallest absolute Gasteiger partial charge is 0.0753 e. The first-order chi connectivity index (χ1) is 9.66. The molecule has 0 spiro atoms. The Morgan fingerprint density at radius 1 is 1.30 bits per heavy atom. The number of nitrogens with zero attached hydrogens (tertiary/aromatic N) is 3. The van der Waals surface area contributed by atoms with Gasteiger partial charge in [-0.05, 0) is 32.2 Å². The lowest BCUT2D eigenvalue weighted by Crippen LogP contribution is -2.47. The molecule has 2 atom stereocenters. The van der Waals surface area contributed by atoms with Crippen LogP contribution in [0, 0.1) is 5.92 Å². The lowest BCUT2D eigenvalue weighted by atomic mass is 10.00. The molecule has 4 heteroatoms. The zero-order valence-electron chi connectivity index (χ0n) is 13.0. The monoisotopic (exact) mass is 276 g/mol. The Kier molecular flexibility index (Phi) is 5.92. The van der Waals surface area contributed by atoms with Crippen molar-refractivity contribution in [3.8, 4) is 0 Å². The Bertz CT molecular complexity index is 379. The summed E-state index contributed by atoms with van der Waals surface area (Å²) < 4.78 is 0. The largest absolute Gasteiger partial charge is 0.307 e. The summed E-state index contributed by atoms with van der Waals surface area (Å²) in [5.74, 6) is 0.744. The quantitative estimate of drug-likeness (QED) is 0.867. The third-order valence-electron chi connectivity index (χ3n) is 4.04. The molecule has 1 aliphatic heterocycles. The van der Waals surface area contributed by atoms with Crippen molar-refractivity contribution < 1.29 is 0 Å². The maximum atomic E-state index is 4.37. The van der Waals surface area contributed by atoms with Crippen molar-refractivity contribution in [1.82, 2.24) is 20.2 Å². The van der Waals surface area contributed by atoms with Crippen LogP contribution in [-0.4, -0.2) is 40.5 Å². The highest BCUT2D eigenvalue weighted by Gasteiger charge is 2.23. The molecule has 1 N–H and O–H groups in total. The second-order valence-electron chi connectivity index (χ2n) is 6.30. The van der Waals surface area contributed by atoms with Crippen molar-refractivity contribution in [2.45, 2.75) is 52.1 Å². The highest BCUT2D eigenvalue weighted by atomic mass is 15.2. The van der Waals surface area contributed by atoms with E-state index in [9.17, 15) is 0 Å². The minimum Gasteiger partial charge on any atom is -0.307 e. The SMILES string of the molecule is CC(C)CN1CCCCC1CNC(C)c1cnccn1. The highest BCUT2D eigenvalue weighted by molar-refractivity contribution is 5.00. The second kappa shape index (κ2) is 7.70. The summed E-state index contributed by atoms with van der Waals surface area (Å²) in [4.78, 5) is 11.2. The molecular weight excluding hydrogens is 248 g/mol. The molecule has 112 valence electrons. The molecule has 2 rings (SSSR count). The first-order valence-electron chi connectivity index (χ1n) is 7.90. The van der Waals surface area contributed by atoms with Crippen LogP contribution in [-0.2, 0) is 0 Å². The fourth-order valence-electron chi connectivity index (χ4n) is 2.95. The van der Waals surface area contributed by atoms with E-state index < -0.39 is 0 Å². The molecule has 1 fully saturated rings. The number of piperidine rings is 1. The standard InChI is InChI=1S/C16H28N4/c1-13(2)12-20-9-5-4-6-15(20)10-19-14(3)16-11-17-7-8-18-16/h7-8,11,13-15,19H,4-6,9-10,12H2,1-3H3. The molecule has 2 heterocycles. The van der Waals surface area contributed by atoms with Gasteiger partial charge in [-0.25, -0.2) is 0 Å². The maximum absolute atomic E-state index is 4.37. The van der Waals surface area contributed by atoms with Gasteiger partial charge in [0, 0.05) is 43.8 Å². The zero-order valence-corrected chi connectivity index (χ0v) is 13.0. The van der Waals surface area contributed by atoms with E-state index in [-0.39, 0.29) is 6.04 Å². The van der Waals surface area contributed by atoms with E-state index in [1.807, 2.05) is 6.20 Å². The van der Waals surface area contributed by atoms with Gasteiger partial charge in [-0.3, -0.25) is 14.9 Å². The Hall–Kier alpha value is -1.00. The van der Waals surface area contributed by atoms with Gasteiger partial charge < -0.3 is 5.32 Å². The number of rotatable bonds is 6. The lowest BCUT2D eigenvalue weighted by Gasteiger charge is -2.37. The van der Waals surface area contributed by atoms with Crippen molar-refractivity contribution >= 4 is 0 Å². The number of nitrogens with one attached hydrogen (secondary N) is 1. The lowest BCUT2D eigenvalue weighted by molar-refractivity contribution is 0.127. The van der Waals surface area contributed by atoms with Gasteiger partial charge >= 0.3 is 0 Å². The van der Waals surface area contributed by atoms with Crippen LogP contribution in [0.4, 0.5) is 0 Å². The Balaban J connectivity index is 1.84. The highest BCUT2D eigenvalue weighted by Crippen LogP contribution is 2.18. The summed E-state index contributed by atoms with van der Waals surface area (Å²) in [6.07, 6.45) is 9.36. The van der Waals surface area contributed by atoms with Crippen molar-refractivity contribution in [3.63, 3.8) is 0 Å². The van der Waals surface area contributed by atoms with Gasteiger partial charge in [-0.2, -0.15) is 0 Å². The summed E-state index contributed by atoms with van der Waals surface area (Å²) in [5.41, 5.74) is 1.03. The number of aromatic nitrogens is 2. The molecule has 4 nitrogen and oxygen atoms in total. The maximum Gasteiger partial charge on any atom is 0.0753 e. The summed E-state index contributed by atoms with van der Waals surface area (Å²) >= 11 is 0. The van der Waals surface area contributed by atoms with Crippen LogP contribution in [0.15, 0.2) is 18.6 Å². The second-order valence-corrected chi connectivity index (χ2v) is 6.30. The van der Waals surface area contributed by atoms with E-state index in [1.54, 1.807) is 12.4 Å². The summed E-state index contributed by atoms with van der Waals surface area (Å²) in [6, 6.07) is 0.941. The van der Waals surface area contributed by atoms with Crippen LogP contribution in [0.1, 0.15) is 51.8 Å². The van der Waals surface area contributed by atoms with E-state index in [0.717, 1.165) is 18.2 Å². The van der Waals surface area contributed by atoms with E-state index in [4.69, 9.17) is 0 Å². The molecule has 1 aromatic rings. The average molecular weight is 276 g/mol. The van der Waals surface area contributed by atoms with Crippen LogP contribution < -0.4 is 5.32 Å². The predicted molar refractivity (Wildman–Crippen MR) is 82.5 cm³/mol. The first kappa shape index (κ1) is 15.4. The van der Waals surface area contributed by atoms with E-state index in [1.165, 1.54) is 32.4 Å². The average Bonchev–Trinajstić information content (AvgIpc) is 2.46. The van der Waals surface area contributed by atoms with Gasteiger partial charge in [-0.1, -0.05) is 20.3 Å². The molecule has 0 radical (unpaired) electrons. The Morgan fingerprint density at radius 2 is 2.15 bits per heavy atom. The molecule has 1 saturated heterocycles. The molecule has 20 heavy (non-hydrogen) atoms. The van der Waals surface area contributed by atoms with Crippen molar-refractivity contribution in [2.75, 3.05) is 19.6 Å². The van der Waals surface area contributed by atoms with Gasteiger partial charge in [0.2, 0.25) is 0 Å². The van der Waals surface area contributed by atoms with Crippen molar-refractivity contribution in [3.05, 3.63) is 24.3 Å². The van der Waals surface area contributed by atoms with Gasteiger partial charge in [-0.15, -0.1) is 0 Å². The van der Waals surface area contributed by atoms with E-state index >= 15 is 0 Å². The summed E-state index contributed by atoms with van der Waals surface area (Å²) in [5, 5.41) is 3.63. The van der Waals surface area contributed by atoms with Gasteiger partial charge in [0.25, 0.3) is 0 Å². The Morgan fingerprint density at radius 3 is 2.85 bits per heavy atom. The van der Waals surface area contributed by atoms with E-state index in [2.05, 4.69) is 41.0 Å². The van der Waals surface area contributed by atoms with Crippen LogP contribution in [0.3, 0.4) is 0 Å².